The fourth-order valence-corrected chi connectivity index (χ4v) is 10.1. The van der Waals surface area contributed by atoms with Crippen LogP contribution < -0.4 is 18.9 Å². The fraction of sp³-hybridized carbons (Fsp3) is 0.375. The van der Waals surface area contributed by atoms with Crippen LogP contribution in [0.5, 0.6) is 23.0 Å². The molecule has 6 rings (SSSR count). The van der Waals surface area contributed by atoms with E-state index in [1.807, 2.05) is 93.8 Å². The summed E-state index contributed by atoms with van der Waals surface area (Å²) in [4.78, 5) is 2.07. The van der Waals surface area contributed by atoms with E-state index in [0.717, 1.165) is 45.9 Å². The number of aliphatic hydroxyl groups is 1. The first kappa shape index (κ1) is 51.2. The van der Waals surface area contributed by atoms with E-state index in [1.165, 1.54) is 19.4 Å². The zero-order valence-corrected chi connectivity index (χ0v) is 41.1. The van der Waals surface area contributed by atoms with Gasteiger partial charge in [-0.05, 0) is 97.7 Å². The summed E-state index contributed by atoms with van der Waals surface area (Å²) in [5.41, 5.74) is 4.66. The maximum Gasteiger partial charge on any atom is 0.263 e. The minimum absolute atomic E-state index is 0.0484. The van der Waals surface area contributed by atoms with E-state index in [9.17, 15) is 21.9 Å². The zero-order chi connectivity index (χ0) is 48.2. The smallest absolute Gasteiger partial charge is 0.263 e. The molecule has 6 aromatic rings. The van der Waals surface area contributed by atoms with Crippen LogP contribution in [0.15, 0.2) is 119 Å². The van der Waals surface area contributed by atoms with Gasteiger partial charge in [0.15, 0.2) is 10.1 Å². The molecule has 0 aliphatic carbocycles. The lowest BCUT2D eigenvalue weighted by atomic mass is 10.1. The third kappa shape index (κ3) is 12.8. The van der Waals surface area contributed by atoms with Gasteiger partial charge in [0.05, 0.1) is 52.0 Å². The third-order valence-electron chi connectivity index (χ3n) is 11.1. The molecular weight excluding hydrogens is 883 g/mol. The maximum atomic E-state index is 13.8. The Morgan fingerprint density at radius 2 is 0.803 bits per heavy atom. The first-order valence-corrected chi connectivity index (χ1v) is 24.3. The number of nitrogens with zero attached hydrogens (tertiary/aromatic N) is 7. The van der Waals surface area contributed by atoms with Gasteiger partial charge >= 0.3 is 0 Å². The lowest BCUT2D eigenvalue weighted by Crippen LogP contribution is -2.30. The number of ether oxygens (including phenoxy) is 4. The summed E-state index contributed by atoms with van der Waals surface area (Å²) in [5.74, 6) is 2.83. The van der Waals surface area contributed by atoms with Crippen LogP contribution in [0.25, 0.3) is 0 Å². The molecule has 2 atom stereocenters. The molecule has 356 valence electrons. The maximum absolute atomic E-state index is 13.8. The molecule has 0 fully saturated rings. The van der Waals surface area contributed by atoms with E-state index in [1.54, 1.807) is 77.5 Å². The largest absolute Gasteiger partial charge is 0.497 e. The second-order valence-electron chi connectivity index (χ2n) is 15.8. The van der Waals surface area contributed by atoms with E-state index < -0.39 is 26.2 Å². The van der Waals surface area contributed by atoms with Crippen molar-refractivity contribution in [1.82, 2.24) is 33.1 Å². The highest BCUT2D eigenvalue weighted by Crippen LogP contribution is 2.29. The summed E-state index contributed by atoms with van der Waals surface area (Å²) < 4.78 is 81.6. The Morgan fingerprint density at radius 1 is 0.515 bits per heavy atom. The van der Waals surface area contributed by atoms with Crippen molar-refractivity contribution < 1.29 is 40.9 Å². The Balaban J connectivity index is 0.000000248. The topological polar surface area (TPSA) is 171 Å². The van der Waals surface area contributed by atoms with Gasteiger partial charge in [-0.1, -0.05) is 62.4 Å². The highest BCUT2D eigenvalue weighted by atomic mass is 32.2. The van der Waals surface area contributed by atoms with E-state index in [0.29, 0.717) is 23.6 Å². The van der Waals surface area contributed by atoms with Crippen LogP contribution in [0, 0.1) is 0 Å². The first-order valence-electron chi connectivity index (χ1n) is 21.4. The van der Waals surface area contributed by atoms with Gasteiger partial charge in [0.2, 0.25) is 0 Å². The Kier molecular flexibility index (Phi) is 17.9. The summed E-state index contributed by atoms with van der Waals surface area (Å²) in [7, 11) is 5.93. The standard InChI is InChI=1S/C25H34N4O4S.C23H29N3O5S/c1-7-23(27(2)3)24-16-25(26-28(24)4)34(30,31)29(17-19-8-12-21(32-5)13-9-19)18-20-10-14-22(33-6)15-11-20;1-5-22(27)21-14-23(24-25(21)2)32(28,29)26(15-17-6-10-19(30-3)11-7-17)16-18-8-12-20(31-4)13-9-18/h8-16,23H,7,17-18H2,1-6H3;6-14,22,27H,5,15-16H2,1-4H3. The van der Waals surface area contributed by atoms with Gasteiger partial charge in [0.25, 0.3) is 20.0 Å². The predicted octanol–water partition coefficient (Wildman–Crippen LogP) is 7.11. The summed E-state index contributed by atoms with van der Waals surface area (Å²) in [6, 6.07) is 32.5. The third-order valence-corrected chi connectivity index (χ3v) is 14.5. The zero-order valence-electron chi connectivity index (χ0n) is 39.4. The lowest BCUT2D eigenvalue weighted by Gasteiger charge is -2.22. The van der Waals surface area contributed by atoms with Crippen LogP contribution in [0.3, 0.4) is 0 Å². The monoisotopic (exact) mass is 945 g/mol. The average Bonchev–Trinajstić information content (AvgIpc) is 3.92. The number of benzene rings is 4. The highest BCUT2D eigenvalue weighted by Gasteiger charge is 2.31. The molecule has 66 heavy (non-hydrogen) atoms. The molecule has 0 aliphatic heterocycles. The van der Waals surface area contributed by atoms with Gasteiger partial charge in [0.1, 0.15) is 23.0 Å². The molecule has 4 aromatic carbocycles. The normalized spacial score (nSPS) is 12.8. The molecule has 2 aromatic heterocycles. The van der Waals surface area contributed by atoms with Crippen molar-refractivity contribution in [2.45, 2.75) is 75.1 Å². The number of hydrogen-bond donors (Lipinski definition) is 1. The molecule has 0 saturated heterocycles. The Bertz CT molecular complexity index is 2570. The summed E-state index contributed by atoms with van der Waals surface area (Å²) in [5, 5.41) is 18.8. The molecule has 0 amide bonds. The Labute approximate surface area is 390 Å². The van der Waals surface area contributed by atoms with Gasteiger partial charge in [-0.15, -0.1) is 0 Å². The van der Waals surface area contributed by atoms with Crippen molar-refractivity contribution in [3.05, 3.63) is 143 Å². The van der Waals surface area contributed by atoms with Gasteiger partial charge in [-0.3, -0.25) is 9.36 Å². The molecule has 0 saturated carbocycles. The SMILES string of the molecule is CCC(O)c1cc(S(=O)(=O)N(Cc2ccc(OC)cc2)Cc2ccc(OC)cc2)nn1C.CCC(c1cc(S(=O)(=O)N(Cc2ccc(OC)cc2)Cc2ccc(OC)cc2)nn1C)N(C)C. The summed E-state index contributed by atoms with van der Waals surface area (Å²) in [6.45, 7) is 4.61. The van der Waals surface area contributed by atoms with Crippen LogP contribution >= 0.6 is 0 Å². The van der Waals surface area contributed by atoms with E-state index >= 15 is 0 Å². The molecule has 18 heteroatoms. The fourth-order valence-electron chi connectivity index (χ4n) is 7.29. The van der Waals surface area contributed by atoms with Crippen LogP contribution in [0.1, 0.15) is 72.5 Å². The van der Waals surface area contributed by atoms with Crippen molar-refractivity contribution >= 4 is 20.0 Å². The minimum Gasteiger partial charge on any atom is -0.497 e. The second-order valence-corrected chi connectivity index (χ2v) is 19.6. The Hall–Kier alpha value is -5.76. The van der Waals surface area contributed by atoms with Crippen molar-refractivity contribution in [2.75, 3.05) is 42.5 Å². The first-order chi connectivity index (χ1) is 31.5. The molecule has 1 N–H and O–H groups in total. The van der Waals surface area contributed by atoms with Crippen LogP contribution in [-0.4, -0.2) is 97.5 Å². The molecule has 2 unspecified atom stereocenters. The van der Waals surface area contributed by atoms with E-state index in [-0.39, 0.29) is 42.3 Å². The number of methoxy groups -OCH3 is 4. The van der Waals surface area contributed by atoms with E-state index in [2.05, 4.69) is 22.0 Å². The van der Waals surface area contributed by atoms with Crippen LogP contribution in [0.4, 0.5) is 0 Å². The molecule has 0 aliphatic rings. The van der Waals surface area contributed by atoms with Crippen molar-refractivity contribution in [3.63, 3.8) is 0 Å². The lowest BCUT2D eigenvalue weighted by molar-refractivity contribution is 0.164. The second kappa shape index (κ2) is 23.1. The number of aromatic nitrogens is 4. The van der Waals surface area contributed by atoms with Crippen molar-refractivity contribution in [2.24, 2.45) is 14.1 Å². The van der Waals surface area contributed by atoms with Gasteiger partial charge < -0.3 is 29.0 Å². The Morgan fingerprint density at radius 3 is 1.06 bits per heavy atom. The van der Waals surface area contributed by atoms with Crippen LogP contribution in [0.2, 0.25) is 0 Å². The number of aliphatic hydroxyl groups excluding tert-OH is 1. The van der Waals surface area contributed by atoms with Crippen molar-refractivity contribution in [3.8, 4) is 23.0 Å². The summed E-state index contributed by atoms with van der Waals surface area (Å²) in [6.07, 6.45) is 0.515. The van der Waals surface area contributed by atoms with Gasteiger partial charge in [-0.2, -0.15) is 18.8 Å². The summed E-state index contributed by atoms with van der Waals surface area (Å²) >= 11 is 0. The predicted molar refractivity (Wildman–Crippen MR) is 253 cm³/mol. The number of sulfonamides is 2. The average molecular weight is 946 g/mol. The van der Waals surface area contributed by atoms with E-state index in [4.69, 9.17) is 18.9 Å². The highest BCUT2D eigenvalue weighted by molar-refractivity contribution is 7.89. The molecule has 0 spiro atoms. The minimum atomic E-state index is -3.94. The number of aryl methyl sites for hydroxylation is 2. The quantitative estimate of drug-likeness (QED) is 0.0777. The van der Waals surface area contributed by atoms with Crippen LogP contribution in [-0.2, 0) is 60.3 Å². The number of rotatable bonds is 21. The van der Waals surface area contributed by atoms with Crippen molar-refractivity contribution in [1.29, 1.82) is 0 Å². The van der Waals surface area contributed by atoms with Gasteiger partial charge in [0, 0.05) is 52.4 Å². The number of hydrogen-bond acceptors (Lipinski definition) is 12. The molecular formula is C48H63N7O9S2. The molecule has 0 bridgehead atoms. The molecule has 2 heterocycles. The molecule has 16 nitrogen and oxygen atoms in total. The molecule has 0 radical (unpaired) electrons. The van der Waals surface area contributed by atoms with Gasteiger partial charge in [-0.25, -0.2) is 16.8 Å².